The number of piperidine rings is 1. The molecular weight excluding hydrogens is 284 g/mol. The van der Waals surface area contributed by atoms with E-state index in [0.717, 1.165) is 25.9 Å². The Bertz CT molecular complexity index is 453. The van der Waals surface area contributed by atoms with Crippen LogP contribution in [0.5, 0.6) is 0 Å². The monoisotopic (exact) mass is 310 g/mol. The Morgan fingerprint density at radius 1 is 1.48 bits per heavy atom. The van der Waals surface area contributed by atoms with Gasteiger partial charge in [0.15, 0.2) is 0 Å². The van der Waals surface area contributed by atoms with Gasteiger partial charge in [-0.1, -0.05) is 6.07 Å². The van der Waals surface area contributed by atoms with Crippen LogP contribution in [0.1, 0.15) is 32.1 Å². The first-order valence-corrected chi connectivity index (χ1v) is 8.42. The second kappa shape index (κ2) is 6.90. The van der Waals surface area contributed by atoms with Gasteiger partial charge in [-0.2, -0.15) is 0 Å². The number of rotatable bonds is 4. The van der Waals surface area contributed by atoms with E-state index in [1.165, 1.54) is 4.88 Å². The van der Waals surface area contributed by atoms with E-state index in [2.05, 4.69) is 22.4 Å². The number of nitrogens with two attached hydrogens (primary N) is 1. The SMILES string of the molecule is CC(C)(C)OC(=O)CN1CC(N)CC(Cc2cccs2)C1. The third-order valence-corrected chi connectivity index (χ3v) is 4.39. The van der Waals surface area contributed by atoms with Crippen LogP contribution < -0.4 is 5.73 Å². The molecule has 4 nitrogen and oxygen atoms in total. The van der Waals surface area contributed by atoms with Gasteiger partial charge in [-0.15, -0.1) is 11.3 Å². The summed E-state index contributed by atoms with van der Waals surface area (Å²) in [4.78, 5) is 15.5. The van der Waals surface area contributed by atoms with Crippen molar-refractivity contribution < 1.29 is 9.53 Å². The highest BCUT2D eigenvalue weighted by molar-refractivity contribution is 7.09. The van der Waals surface area contributed by atoms with Crippen LogP contribution in [0, 0.1) is 5.92 Å². The van der Waals surface area contributed by atoms with Gasteiger partial charge in [-0.05, 0) is 51.0 Å². The van der Waals surface area contributed by atoms with Gasteiger partial charge in [-0.25, -0.2) is 0 Å². The highest BCUT2D eigenvalue weighted by Crippen LogP contribution is 2.22. The summed E-state index contributed by atoms with van der Waals surface area (Å²) in [5.74, 6) is 0.362. The topological polar surface area (TPSA) is 55.6 Å². The molecule has 0 saturated carbocycles. The lowest BCUT2D eigenvalue weighted by Gasteiger charge is -2.36. The lowest BCUT2D eigenvalue weighted by Crippen LogP contribution is -2.49. The fraction of sp³-hybridized carbons (Fsp3) is 0.688. The molecule has 1 aliphatic rings. The van der Waals surface area contributed by atoms with Crippen molar-refractivity contribution in [2.75, 3.05) is 19.6 Å². The first kappa shape index (κ1) is 16.5. The number of hydrogen-bond acceptors (Lipinski definition) is 5. The fourth-order valence-corrected chi connectivity index (χ4v) is 3.72. The zero-order valence-corrected chi connectivity index (χ0v) is 14.0. The normalized spacial score (nSPS) is 24.0. The van der Waals surface area contributed by atoms with E-state index >= 15 is 0 Å². The Kier molecular flexibility index (Phi) is 5.41. The molecule has 2 unspecified atom stereocenters. The Labute approximate surface area is 131 Å². The van der Waals surface area contributed by atoms with E-state index in [9.17, 15) is 4.79 Å². The number of thiophene rings is 1. The number of likely N-dealkylation sites (tertiary alicyclic amines) is 1. The second-order valence-electron chi connectivity index (χ2n) is 6.93. The Morgan fingerprint density at radius 3 is 2.86 bits per heavy atom. The standard InChI is InChI=1S/C16H26N2O2S/c1-16(2,3)20-15(19)11-18-9-12(7-13(17)10-18)8-14-5-4-6-21-14/h4-6,12-13H,7-11,17H2,1-3H3. The van der Waals surface area contributed by atoms with E-state index in [0.29, 0.717) is 12.5 Å². The van der Waals surface area contributed by atoms with E-state index in [1.807, 2.05) is 20.8 Å². The minimum Gasteiger partial charge on any atom is -0.459 e. The van der Waals surface area contributed by atoms with Crippen LogP contribution in [0.25, 0.3) is 0 Å². The minimum atomic E-state index is -0.425. The highest BCUT2D eigenvalue weighted by Gasteiger charge is 2.28. The van der Waals surface area contributed by atoms with Gasteiger partial charge in [0, 0.05) is 24.0 Å². The van der Waals surface area contributed by atoms with Gasteiger partial charge < -0.3 is 10.5 Å². The van der Waals surface area contributed by atoms with Crippen LogP contribution in [-0.4, -0.2) is 42.1 Å². The molecule has 2 atom stereocenters. The molecule has 0 radical (unpaired) electrons. The number of carbonyl (C=O) groups excluding carboxylic acids is 1. The van der Waals surface area contributed by atoms with Crippen molar-refractivity contribution in [3.8, 4) is 0 Å². The van der Waals surface area contributed by atoms with Crippen LogP contribution in [-0.2, 0) is 16.0 Å². The van der Waals surface area contributed by atoms with Crippen molar-refractivity contribution in [2.45, 2.75) is 45.3 Å². The lowest BCUT2D eigenvalue weighted by molar-refractivity contribution is -0.156. The summed E-state index contributed by atoms with van der Waals surface area (Å²) in [5.41, 5.74) is 5.73. The van der Waals surface area contributed by atoms with E-state index in [1.54, 1.807) is 11.3 Å². The molecular formula is C16H26N2O2S. The van der Waals surface area contributed by atoms with Crippen LogP contribution in [0.4, 0.5) is 0 Å². The molecule has 5 heteroatoms. The van der Waals surface area contributed by atoms with Crippen LogP contribution in [0.3, 0.4) is 0 Å². The lowest BCUT2D eigenvalue weighted by atomic mass is 9.91. The maximum Gasteiger partial charge on any atom is 0.320 e. The summed E-state index contributed by atoms with van der Waals surface area (Å²) in [6.45, 7) is 7.72. The van der Waals surface area contributed by atoms with Gasteiger partial charge in [0.2, 0.25) is 0 Å². The molecule has 2 heterocycles. The van der Waals surface area contributed by atoms with Crippen molar-refractivity contribution in [3.05, 3.63) is 22.4 Å². The highest BCUT2D eigenvalue weighted by atomic mass is 32.1. The van der Waals surface area contributed by atoms with Crippen molar-refractivity contribution in [1.82, 2.24) is 4.90 Å². The number of nitrogens with zero attached hydrogens (tertiary/aromatic N) is 1. The van der Waals surface area contributed by atoms with Gasteiger partial charge in [0.05, 0.1) is 6.54 Å². The summed E-state index contributed by atoms with van der Waals surface area (Å²) in [6, 6.07) is 4.40. The number of ether oxygens (including phenoxy) is 1. The molecule has 0 spiro atoms. The summed E-state index contributed by atoms with van der Waals surface area (Å²) >= 11 is 1.79. The average Bonchev–Trinajstić information content (AvgIpc) is 2.77. The van der Waals surface area contributed by atoms with Gasteiger partial charge in [-0.3, -0.25) is 9.69 Å². The molecule has 2 N–H and O–H groups in total. The Hall–Kier alpha value is -0.910. The summed E-state index contributed by atoms with van der Waals surface area (Å²) in [7, 11) is 0. The summed E-state index contributed by atoms with van der Waals surface area (Å²) in [5, 5.41) is 2.11. The number of esters is 1. The molecule has 0 amide bonds. The molecule has 0 bridgehead atoms. The van der Waals surface area contributed by atoms with Gasteiger partial charge >= 0.3 is 5.97 Å². The largest absolute Gasteiger partial charge is 0.459 e. The van der Waals surface area contributed by atoms with Crippen molar-refractivity contribution >= 4 is 17.3 Å². The van der Waals surface area contributed by atoms with Gasteiger partial charge in [0.25, 0.3) is 0 Å². The van der Waals surface area contributed by atoms with Crippen molar-refractivity contribution in [3.63, 3.8) is 0 Å². The first-order valence-electron chi connectivity index (χ1n) is 7.54. The maximum absolute atomic E-state index is 12.0. The van der Waals surface area contributed by atoms with Crippen LogP contribution in [0.2, 0.25) is 0 Å². The second-order valence-corrected chi connectivity index (χ2v) is 7.96. The minimum absolute atomic E-state index is 0.145. The van der Waals surface area contributed by atoms with Crippen LogP contribution >= 0.6 is 11.3 Å². The van der Waals surface area contributed by atoms with Crippen LogP contribution in [0.15, 0.2) is 17.5 Å². The molecule has 1 saturated heterocycles. The molecule has 1 aromatic heterocycles. The zero-order chi connectivity index (χ0) is 15.5. The van der Waals surface area contributed by atoms with Crippen molar-refractivity contribution in [2.24, 2.45) is 11.7 Å². The molecule has 0 aliphatic carbocycles. The maximum atomic E-state index is 12.0. The summed E-state index contributed by atoms with van der Waals surface area (Å²) in [6.07, 6.45) is 2.08. The fourth-order valence-electron chi connectivity index (χ4n) is 2.90. The Balaban J connectivity index is 1.87. The third-order valence-electron chi connectivity index (χ3n) is 3.49. The molecule has 0 aromatic carbocycles. The Morgan fingerprint density at radius 2 is 2.24 bits per heavy atom. The quantitative estimate of drug-likeness (QED) is 0.867. The average molecular weight is 310 g/mol. The predicted octanol–water partition coefficient (Wildman–Crippen LogP) is 2.28. The number of hydrogen-bond donors (Lipinski definition) is 1. The zero-order valence-electron chi connectivity index (χ0n) is 13.2. The smallest absolute Gasteiger partial charge is 0.320 e. The van der Waals surface area contributed by atoms with E-state index in [4.69, 9.17) is 10.5 Å². The van der Waals surface area contributed by atoms with Gasteiger partial charge in [0.1, 0.15) is 5.60 Å². The molecule has 1 aromatic rings. The predicted molar refractivity (Wildman–Crippen MR) is 86.4 cm³/mol. The van der Waals surface area contributed by atoms with Crippen molar-refractivity contribution in [1.29, 1.82) is 0 Å². The molecule has 1 fully saturated rings. The van der Waals surface area contributed by atoms with E-state index < -0.39 is 5.60 Å². The number of carbonyl (C=O) groups is 1. The molecule has 2 rings (SSSR count). The molecule has 1 aliphatic heterocycles. The summed E-state index contributed by atoms with van der Waals surface area (Å²) < 4.78 is 5.40. The molecule has 118 valence electrons. The first-order chi connectivity index (χ1) is 9.82. The third kappa shape index (κ3) is 5.77. The molecule has 21 heavy (non-hydrogen) atoms. The van der Waals surface area contributed by atoms with E-state index in [-0.39, 0.29) is 12.0 Å².